The molecule has 0 radical (unpaired) electrons. The summed E-state index contributed by atoms with van der Waals surface area (Å²) in [5.41, 5.74) is 1.42. The van der Waals surface area contributed by atoms with Crippen molar-refractivity contribution < 1.29 is 0 Å². The second-order valence-electron chi connectivity index (χ2n) is 3.41. The number of allylic oxidation sites excluding steroid dienone is 3. The van der Waals surface area contributed by atoms with Crippen LogP contribution >= 0.6 is 23.2 Å². The number of hydrogen-bond acceptors (Lipinski definition) is 0. The number of rotatable bonds is 3. The van der Waals surface area contributed by atoms with Gasteiger partial charge < -0.3 is 0 Å². The fourth-order valence-corrected chi connectivity index (χ4v) is 2.16. The van der Waals surface area contributed by atoms with Crippen molar-refractivity contribution >= 4 is 23.2 Å². The van der Waals surface area contributed by atoms with E-state index in [2.05, 4.69) is 12.7 Å². The van der Waals surface area contributed by atoms with Crippen LogP contribution in [0.15, 0.2) is 24.3 Å². The molecule has 0 spiro atoms. The van der Waals surface area contributed by atoms with E-state index in [1.165, 1.54) is 5.57 Å². The van der Waals surface area contributed by atoms with Gasteiger partial charge in [0.1, 0.15) is 0 Å². The van der Waals surface area contributed by atoms with Crippen LogP contribution < -0.4 is 0 Å². The summed E-state index contributed by atoms with van der Waals surface area (Å²) in [6.45, 7) is 3.84. The molecule has 0 bridgehead atoms. The molecule has 1 aliphatic rings. The molecule has 0 N–H and O–H groups in total. The zero-order valence-corrected chi connectivity index (χ0v) is 8.67. The highest BCUT2D eigenvalue weighted by Gasteiger charge is 2.28. The first-order chi connectivity index (χ1) is 5.76. The van der Waals surface area contributed by atoms with Gasteiger partial charge in [-0.1, -0.05) is 17.7 Å². The summed E-state index contributed by atoms with van der Waals surface area (Å²) in [6.07, 6.45) is 7.39. The molecular formula is C10H14Cl2. The van der Waals surface area contributed by atoms with E-state index < -0.39 is 0 Å². The number of halogens is 2. The van der Waals surface area contributed by atoms with E-state index in [1.807, 2.05) is 6.08 Å². The van der Waals surface area contributed by atoms with Crippen LogP contribution in [0, 0.1) is 5.41 Å². The van der Waals surface area contributed by atoms with Crippen LogP contribution in [0.5, 0.6) is 0 Å². The molecule has 0 saturated heterocycles. The minimum absolute atomic E-state index is 0.112. The molecule has 0 saturated carbocycles. The Morgan fingerprint density at radius 2 is 2.33 bits per heavy atom. The zero-order chi connectivity index (χ0) is 9.03. The first-order valence-corrected chi connectivity index (χ1v) is 5.27. The SMILES string of the molecule is C=CC1(CCl)CCC=C(CCl)C1. The molecule has 0 heterocycles. The minimum atomic E-state index is 0.112. The van der Waals surface area contributed by atoms with E-state index >= 15 is 0 Å². The summed E-state index contributed by atoms with van der Waals surface area (Å²) < 4.78 is 0. The van der Waals surface area contributed by atoms with Crippen molar-refractivity contribution in [3.05, 3.63) is 24.3 Å². The van der Waals surface area contributed by atoms with E-state index in [0.29, 0.717) is 11.8 Å². The lowest BCUT2D eigenvalue weighted by molar-refractivity contribution is 0.382. The van der Waals surface area contributed by atoms with E-state index in [0.717, 1.165) is 19.3 Å². The Kier molecular flexibility index (Phi) is 3.67. The standard InChI is InChI=1S/C10H14Cl2/c1-2-10(8-12)5-3-4-9(6-10)7-11/h2,4H,1,3,5-8H2. The second kappa shape index (κ2) is 4.34. The molecule has 0 amide bonds. The Morgan fingerprint density at radius 3 is 2.83 bits per heavy atom. The summed E-state index contributed by atoms with van der Waals surface area (Å²) in [5, 5.41) is 0. The maximum absolute atomic E-state index is 5.92. The second-order valence-corrected chi connectivity index (χ2v) is 3.95. The Morgan fingerprint density at radius 1 is 1.58 bits per heavy atom. The lowest BCUT2D eigenvalue weighted by Gasteiger charge is -2.32. The highest BCUT2D eigenvalue weighted by Crippen LogP contribution is 2.38. The summed E-state index contributed by atoms with van der Waals surface area (Å²) in [7, 11) is 0. The summed E-state index contributed by atoms with van der Waals surface area (Å²) in [6, 6.07) is 0. The highest BCUT2D eigenvalue weighted by molar-refractivity contribution is 6.19. The normalized spacial score (nSPS) is 29.7. The number of alkyl halides is 2. The third kappa shape index (κ3) is 2.05. The minimum Gasteiger partial charge on any atom is -0.126 e. The van der Waals surface area contributed by atoms with Crippen molar-refractivity contribution in [1.82, 2.24) is 0 Å². The average molecular weight is 205 g/mol. The molecule has 0 aromatic rings. The van der Waals surface area contributed by atoms with Crippen LogP contribution in [-0.2, 0) is 0 Å². The summed E-state index contributed by atoms with van der Waals surface area (Å²) in [4.78, 5) is 0. The first kappa shape index (κ1) is 10.1. The van der Waals surface area contributed by atoms with Crippen molar-refractivity contribution in [2.24, 2.45) is 5.41 Å². The topological polar surface area (TPSA) is 0 Å². The molecule has 0 aromatic heterocycles. The molecular weight excluding hydrogens is 191 g/mol. The van der Waals surface area contributed by atoms with Crippen LogP contribution in [0.4, 0.5) is 0 Å². The quantitative estimate of drug-likeness (QED) is 0.486. The van der Waals surface area contributed by atoms with Gasteiger partial charge in [-0.05, 0) is 19.3 Å². The van der Waals surface area contributed by atoms with Gasteiger partial charge in [0.2, 0.25) is 0 Å². The van der Waals surface area contributed by atoms with Crippen molar-refractivity contribution in [3.8, 4) is 0 Å². The van der Waals surface area contributed by atoms with Gasteiger partial charge in [0.25, 0.3) is 0 Å². The Balaban J connectivity index is 2.71. The van der Waals surface area contributed by atoms with Gasteiger partial charge >= 0.3 is 0 Å². The first-order valence-electron chi connectivity index (χ1n) is 4.20. The fraction of sp³-hybridized carbons (Fsp3) is 0.600. The molecule has 1 rings (SSSR count). The lowest BCUT2D eigenvalue weighted by Crippen LogP contribution is -2.23. The van der Waals surface area contributed by atoms with Gasteiger partial charge in [0, 0.05) is 17.2 Å². The van der Waals surface area contributed by atoms with Crippen molar-refractivity contribution in [2.45, 2.75) is 19.3 Å². The van der Waals surface area contributed by atoms with E-state index in [-0.39, 0.29) is 5.41 Å². The van der Waals surface area contributed by atoms with E-state index in [1.54, 1.807) is 0 Å². The highest BCUT2D eigenvalue weighted by atomic mass is 35.5. The lowest BCUT2D eigenvalue weighted by atomic mass is 9.76. The molecule has 0 aliphatic heterocycles. The fourth-order valence-electron chi connectivity index (χ4n) is 1.62. The predicted octanol–water partition coefficient (Wildman–Crippen LogP) is 3.75. The molecule has 12 heavy (non-hydrogen) atoms. The third-order valence-electron chi connectivity index (χ3n) is 2.53. The van der Waals surface area contributed by atoms with Crippen LogP contribution in [0.3, 0.4) is 0 Å². The van der Waals surface area contributed by atoms with Crippen molar-refractivity contribution in [3.63, 3.8) is 0 Å². The van der Waals surface area contributed by atoms with Crippen molar-refractivity contribution in [2.75, 3.05) is 11.8 Å². The largest absolute Gasteiger partial charge is 0.126 e. The van der Waals surface area contributed by atoms with Crippen LogP contribution in [0.2, 0.25) is 0 Å². The Bertz CT molecular complexity index is 196. The van der Waals surface area contributed by atoms with Gasteiger partial charge in [-0.3, -0.25) is 0 Å². The molecule has 0 aromatic carbocycles. The maximum atomic E-state index is 5.92. The molecule has 1 aliphatic carbocycles. The molecule has 1 unspecified atom stereocenters. The predicted molar refractivity (Wildman–Crippen MR) is 56.0 cm³/mol. The average Bonchev–Trinajstić information content (AvgIpc) is 2.18. The van der Waals surface area contributed by atoms with Crippen LogP contribution in [0.1, 0.15) is 19.3 Å². The van der Waals surface area contributed by atoms with E-state index in [4.69, 9.17) is 23.2 Å². The van der Waals surface area contributed by atoms with Gasteiger partial charge in [-0.25, -0.2) is 0 Å². The zero-order valence-electron chi connectivity index (χ0n) is 7.15. The Labute approximate surface area is 84.2 Å². The molecule has 0 fully saturated rings. The van der Waals surface area contributed by atoms with Gasteiger partial charge in [0.15, 0.2) is 0 Å². The molecule has 2 heteroatoms. The smallest absolute Gasteiger partial charge is 0.0433 e. The maximum Gasteiger partial charge on any atom is 0.0433 e. The Hall–Kier alpha value is 0.0600. The van der Waals surface area contributed by atoms with Crippen LogP contribution in [0.25, 0.3) is 0 Å². The van der Waals surface area contributed by atoms with Gasteiger partial charge in [-0.2, -0.15) is 0 Å². The summed E-state index contributed by atoms with van der Waals surface area (Å²) in [5.74, 6) is 1.29. The molecule has 0 nitrogen and oxygen atoms in total. The van der Waals surface area contributed by atoms with Gasteiger partial charge in [0.05, 0.1) is 0 Å². The summed E-state index contributed by atoms with van der Waals surface area (Å²) >= 11 is 11.7. The number of hydrogen-bond donors (Lipinski definition) is 0. The molecule has 68 valence electrons. The van der Waals surface area contributed by atoms with Gasteiger partial charge in [-0.15, -0.1) is 29.8 Å². The van der Waals surface area contributed by atoms with Crippen LogP contribution in [-0.4, -0.2) is 11.8 Å². The monoisotopic (exact) mass is 204 g/mol. The molecule has 1 atom stereocenters. The van der Waals surface area contributed by atoms with Crippen molar-refractivity contribution in [1.29, 1.82) is 0 Å². The third-order valence-corrected chi connectivity index (χ3v) is 3.40. The van der Waals surface area contributed by atoms with E-state index in [9.17, 15) is 0 Å².